The van der Waals surface area contributed by atoms with E-state index < -0.39 is 10.0 Å². The highest BCUT2D eigenvalue weighted by molar-refractivity contribution is 7.89. The topological polar surface area (TPSA) is 57.7 Å². The van der Waals surface area contributed by atoms with E-state index >= 15 is 0 Å². The molecule has 1 aliphatic heterocycles. The van der Waals surface area contributed by atoms with Gasteiger partial charge in [0.05, 0.1) is 4.90 Å². The van der Waals surface area contributed by atoms with Crippen LogP contribution < -0.4 is 0 Å². The first kappa shape index (κ1) is 17.9. The lowest BCUT2D eigenvalue weighted by atomic mass is 10.1. The summed E-state index contributed by atoms with van der Waals surface area (Å²) in [4.78, 5) is 14.5. The summed E-state index contributed by atoms with van der Waals surface area (Å²) in [5, 5.41) is 0. The van der Waals surface area contributed by atoms with Crippen LogP contribution in [0.4, 0.5) is 0 Å². The second-order valence-corrected chi connectivity index (χ2v) is 8.38. The second kappa shape index (κ2) is 7.93. The van der Waals surface area contributed by atoms with Crippen LogP contribution in [0.1, 0.15) is 37.7 Å². The van der Waals surface area contributed by atoms with Gasteiger partial charge in [0.1, 0.15) is 0 Å². The number of likely N-dealkylation sites (tertiary alicyclic amines) is 1. The standard InChI is InChI=1S/C17H26N2O3S/c1-18(2)23(21,22)16-10-7-15(8-11-16)9-12-17(20)19-13-5-3-4-6-14-19/h7-8,10-11H,3-6,9,12-14H2,1-2H3. The van der Waals surface area contributed by atoms with Crippen molar-refractivity contribution in [1.82, 2.24) is 9.21 Å². The lowest BCUT2D eigenvalue weighted by Gasteiger charge is -2.20. The van der Waals surface area contributed by atoms with Crippen molar-refractivity contribution in [3.05, 3.63) is 29.8 Å². The number of sulfonamides is 1. The average molecular weight is 338 g/mol. The Morgan fingerprint density at radius 2 is 1.61 bits per heavy atom. The molecule has 0 saturated carbocycles. The fourth-order valence-corrected chi connectivity index (χ4v) is 3.67. The Kier molecular flexibility index (Phi) is 6.18. The van der Waals surface area contributed by atoms with Crippen molar-refractivity contribution in [3.63, 3.8) is 0 Å². The van der Waals surface area contributed by atoms with Crippen LogP contribution in [0.15, 0.2) is 29.2 Å². The Morgan fingerprint density at radius 3 is 2.13 bits per heavy atom. The molecule has 2 rings (SSSR count). The van der Waals surface area contributed by atoms with E-state index in [-0.39, 0.29) is 10.8 Å². The van der Waals surface area contributed by atoms with Crippen molar-refractivity contribution < 1.29 is 13.2 Å². The summed E-state index contributed by atoms with van der Waals surface area (Å²) in [7, 11) is -0.354. The minimum atomic E-state index is -3.39. The molecule has 0 spiro atoms. The van der Waals surface area contributed by atoms with Crippen LogP contribution in [0, 0.1) is 0 Å². The number of nitrogens with zero attached hydrogens (tertiary/aromatic N) is 2. The third-order valence-corrected chi connectivity index (χ3v) is 6.12. The zero-order valence-corrected chi connectivity index (χ0v) is 14.8. The minimum absolute atomic E-state index is 0.205. The summed E-state index contributed by atoms with van der Waals surface area (Å²) < 4.78 is 25.2. The largest absolute Gasteiger partial charge is 0.343 e. The van der Waals surface area contributed by atoms with Crippen molar-refractivity contribution in [3.8, 4) is 0 Å². The van der Waals surface area contributed by atoms with Gasteiger partial charge in [-0.1, -0.05) is 25.0 Å². The number of aryl methyl sites for hydroxylation is 1. The van der Waals surface area contributed by atoms with E-state index in [2.05, 4.69) is 0 Å². The molecular weight excluding hydrogens is 312 g/mol. The highest BCUT2D eigenvalue weighted by atomic mass is 32.2. The zero-order chi connectivity index (χ0) is 16.9. The first-order valence-corrected chi connectivity index (χ1v) is 9.64. The molecule has 23 heavy (non-hydrogen) atoms. The van der Waals surface area contributed by atoms with Crippen LogP contribution in [0.2, 0.25) is 0 Å². The number of hydrogen-bond donors (Lipinski definition) is 0. The maximum absolute atomic E-state index is 12.3. The molecule has 1 heterocycles. The van der Waals surface area contributed by atoms with E-state index in [1.165, 1.54) is 31.2 Å². The van der Waals surface area contributed by atoms with Crippen molar-refractivity contribution in [2.75, 3.05) is 27.2 Å². The number of hydrogen-bond acceptors (Lipinski definition) is 3. The van der Waals surface area contributed by atoms with Crippen molar-refractivity contribution in [2.24, 2.45) is 0 Å². The molecule has 0 aromatic heterocycles. The molecule has 1 aromatic rings. The van der Waals surface area contributed by atoms with Gasteiger partial charge in [0, 0.05) is 33.6 Å². The first-order chi connectivity index (χ1) is 10.9. The van der Waals surface area contributed by atoms with Crippen LogP contribution in [-0.2, 0) is 21.2 Å². The normalized spacial score (nSPS) is 16.4. The lowest BCUT2D eigenvalue weighted by Crippen LogP contribution is -2.31. The van der Waals surface area contributed by atoms with E-state index in [9.17, 15) is 13.2 Å². The summed E-state index contributed by atoms with van der Waals surface area (Å²) >= 11 is 0. The van der Waals surface area contributed by atoms with Crippen molar-refractivity contribution in [1.29, 1.82) is 0 Å². The Hall–Kier alpha value is -1.40. The smallest absolute Gasteiger partial charge is 0.242 e. The predicted octanol–water partition coefficient (Wildman–Crippen LogP) is 2.27. The fraction of sp³-hybridized carbons (Fsp3) is 0.588. The number of carbonyl (C=O) groups is 1. The first-order valence-electron chi connectivity index (χ1n) is 8.20. The van der Waals surface area contributed by atoms with Gasteiger partial charge in [-0.15, -0.1) is 0 Å². The third-order valence-electron chi connectivity index (χ3n) is 4.29. The monoisotopic (exact) mass is 338 g/mol. The number of rotatable bonds is 5. The molecular formula is C17H26N2O3S. The summed E-state index contributed by atoms with van der Waals surface area (Å²) in [5.74, 6) is 0.205. The van der Waals surface area contributed by atoms with Gasteiger partial charge >= 0.3 is 0 Å². The number of benzene rings is 1. The Labute approximate surface area is 139 Å². The van der Waals surface area contributed by atoms with E-state index in [0.29, 0.717) is 12.8 Å². The van der Waals surface area contributed by atoms with Gasteiger partial charge in [-0.05, 0) is 37.0 Å². The molecule has 1 fully saturated rings. The van der Waals surface area contributed by atoms with Crippen LogP contribution in [-0.4, -0.2) is 50.7 Å². The van der Waals surface area contributed by atoms with Crippen molar-refractivity contribution in [2.45, 2.75) is 43.4 Å². The van der Waals surface area contributed by atoms with Crippen LogP contribution >= 0.6 is 0 Å². The van der Waals surface area contributed by atoms with Gasteiger partial charge in [0.2, 0.25) is 15.9 Å². The maximum atomic E-state index is 12.3. The molecule has 5 nitrogen and oxygen atoms in total. The lowest BCUT2D eigenvalue weighted by molar-refractivity contribution is -0.131. The highest BCUT2D eigenvalue weighted by Crippen LogP contribution is 2.16. The summed E-state index contributed by atoms with van der Waals surface area (Å²) in [5.41, 5.74) is 0.992. The molecule has 1 amide bonds. The quantitative estimate of drug-likeness (QED) is 0.827. The van der Waals surface area contributed by atoms with Gasteiger partial charge in [-0.3, -0.25) is 4.79 Å². The molecule has 128 valence electrons. The molecule has 0 N–H and O–H groups in total. The van der Waals surface area contributed by atoms with Crippen LogP contribution in [0.25, 0.3) is 0 Å². The maximum Gasteiger partial charge on any atom is 0.242 e. The molecule has 0 bridgehead atoms. The third kappa shape index (κ3) is 4.78. The number of amides is 1. The van der Waals surface area contributed by atoms with E-state index in [1.54, 1.807) is 24.3 Å². The zero-order valence-electron chi connectivity index (χ0n) is 14.0. The van der Waals surface area contributed by atoms with Crippen molar-refractivity contribution >= 4 is 15.9 Å². The van der Waals surface area contributed by atoms with E-state index in [4.69, 9.17) is 0 Å². The molecule has 0 unspecified atom stereocenters. The molecule has 6 heteroatoms. The summed E-state index contributed by atoms with van der Waals surface area (Å²) in [6, 6.07) is 6.82. The van der Waals surface area contributed by atoms with E-state index in [1.807, 2.05) is 4.90 Å². The number of carbonyl (C=O) groups excluding carboxylic acids is 1. The van der Waals surface area contributed by atoms with Crippen LogP contribution in [0.5, 0.6) is 0 Å². The SMILES string of the molecule is CN(C)S(=O)(=O)c1ccc(CCC(=O)N2CCCCCC2)cc1. The van der Waals surface area contributed by atoms with Crippen LogP contribution in [0.3, 0.4) is 0 Å². The highest BCUT2D eigenvalue weighted by Gasteiger charge is 2.17. The Balaban J connectivity index is 1.92. The van der Waals surface area contributed by atoms with Gasteiger partial charge in [0.15, 0.2) is 0 Å². The van der Waals surface area contributed by atoms with Gasteiger partial charge in [0.25, 0.3) is 0 Å². The molecule has 1 aliphatic rings. The molecule has 0 atom stereocenters. The molecule has 1 saturated heterocycles. The second-order valence-electron chi connectivity index (χ2n) is 6.23. The molecule has 0 radical (unpaired) electrons. The van der Waals surface area contributed by atoms with E-state index in [0.717, 1.165) is 31.5 Å². The summed E-state index contributed by atoms with van der Waals surface area (Å²) in [6.07, 6.45) is 5.76. The Morgan fingerprint density at radius 1 is 1.04 bits per heavy atom. The predicted molar refractivity (Wildman–Crippen MR) is 90.7 cm³/mol. The molecule has 1 aromatic carbocycles. The van der Waals surface area contributed by atoms with Gasteiger partial charge in [-0.2, -0.15) is 0 Å². The van der Waals surface area contributed by atoms with Gasteiger partial charge < -0.3 is 4.90 Å². The molecule has 0 aliphatic carbocycles. The summed E-state index contributed by atoms with van der Waals surface area (Å²) in [6.45, 7) is 1.75. The van der Waals surface area contributed by atoms with Gasteiger partial charge in [-0.25, -0.2) is 12.7 Å². The average Bonchev–Trinajstić information content (AvgIpc) is 2.82. The Bertz CT molecular complexity index is 616. The fourth-order valence-electron chi connectivity index (χ4n) is 2.77. The minimum Gasteiger partial charge on any atom is -0.343 e.